The second-order valence-electron chi connectivity index (χ2n) is 11.9. The number of fused-ring (bicyclic) bond motifs is 1. The molecule has 2 aliphatic rings. The molecule has 43 heavy (non-hydrogen) atoms. The Balaban J connectivity index is 1.26. The maximum atomic E-state index is 13.6. The molecule has 0 saturated heterocycles. The molecule has 2 amide bonds. The van der Waals surface area contributed by atoms with Crippen LogP contribution in [0, 0.1) is 6.92 Å². The Bertz CT molecular complexity index is 1720. The summed E-state index contributed by atoms with van der Waals surface area (Å²) in [6.07, 6.45) is 11.2. The summed E-state index contributed by atoms with van der Waals surface area (Å²) in [5.74, 6) is -1.07. The minimum Gasteiger partial charge on any atom is -0.478 e. The highest BCUT2D eigenvalue weighted by Gasteiger charge is 2.45. The van der Waals surface area contributed by atoms with Crippen molar-refractivity contribution in [1.29, 1.82) is 0 Å². The average molecular weight is 577 g/mol. The lowest BCUT2D eigenvalue weighted by atomic mass is 9.75. The van der Waals surface area contributed by atoms with Crippen molar-refractivity contribution in [3.05, 3.63) is 89.3 Å². The van der Waals surface area contributed by atoms with Crippen LogP contribution in [0.5, 0.6) is 0 Å². The number of carboxylic acids is 1. The Morgan fingerprint density at radius 2 is 1.74 bits per heavy atom. The van der Waals surface area contributed by atoms with Crippen LogP contribution < -0.4 is 10.6 Å². The zero-order valence-corrected chi connectivity index (χ0v) is 24.5. The van der Waals surface area contributed by atoms with Crippen LogP contribution >= 0.6 is 0 Å². The van der Waals surface area contributed by atoms with Gasteiger partial charge in [-0.25, -0.2) is 4.79 Å². The number of carboxylic acid groups (broad SMARTS) is 1. The molecule has 0 aliphatic heterocycles. The first kappa shape index (κ1) is 28.4. The Hall–Kier alpha value is -4.72. The second kappa shape index (κ2) is 11.5. The molecular weight excluding hydrogens is 540 g/mol. The monoisotopic (exact) mass is 576 g/mol. The fourth-order valence-corrected chi connectivity index (χ4v) is 6.52. The molecule has 4 aromatic rings. The number of hydrogen-bond donors (Lipinski definition) is 3. The number of nitrogens with one attached hydrogen (secondary N) is 2. The van der Waals surface area contributed by atoms with Crippen molar-refractivity contribution in [3.63, 3.8) is 0 Å². The topological polar surface area (TPSA) is 113 Å². The summed E-state index contributed by atoms with van der Waals surface area (Å²) in [4.78, 5) is 42.4. The smallest absolute Gasteiger partial charge is 0.328 e. The van der Waals surface area contributed by atoms with E-state index in [2.05, 4.69) is 39.4 Å². The van der Waals surface area contributed by atoms with Gasteiger partial charge in [0.05, 0.1) is 5.69 Å². The van der Waals surface area contributed by atoms with Crippen LogP contribution in [0.2, 0.25) is 0 Å². The van der Waals surface area contributed by atoms with Gasteiger partial charge in [0.1, 0.15) is 5.54 Å². The Morgan fingerprint density at radius 1 is 1.00 bits per heavy atom. The van der Waals surface area contributed by atoms with Gasteiger partial charge in [-0.15, -0.1) is 0 Å². The number of benzene rings is 2. The first-order chi connectivity index (χ1) is 20.7. The molecule has 2 aliphatic carbocycles. The lowest BCUT2D eigenvalue weighted by molar-refractivity contribution is -0.131. The fourth-order valence-electron chi connectivity index (χ4n) is 6.52. The van der Waals surface area contributed by atoms with E-state index in [0.29, 0.717) is 35.6 Å². The average Bonchev–Trinajstić information content (AvgIpc) is 3.61. The van der Waals surface area contributed by atoms with Crippen molar-refractivity contribution < 1.29 is 19.5 Å². The van der Waals surface area contributed by atoms with E-state index >= 15 is 0 Å². The molecule has 2 aromatic carbocycles. The highest BCUT2D eigenvalue weighted by Crippen LogP contribution is 2.44. The predicted octanol–water partition coefficient (Wildman–Crippen LogP) is 6.60. The summed E-state index contributed by atoms with van der Waals surface area (Å²) in [5.41, 5.74) is 6.38. The van der Waals surface area contributed by atoms with Crippen molar-refractivity contribution in [2.75, 3.05) is 5.32 Å². The molecule has 8 heteroatoms. The number of nitrogens with zero attached hydrogens (tertiary/aromatic N) is 2. The van der Waals surface area contributed by atoms with Crippen LogP contribution in [0.15, 0.2) is 66.9 Å². The normalized spacial score (nSPS) is 16.3. The van der Waals surface area contributed by atoms with E-state index in [9.17, 15) is 14.4 Å². The van der Waals surface area contributed by atoms with Crippen LogP contribution in [-0.2, 0) is 16.6 Å². The van der Waals surface area contributed by atoms with E-state index in [1.807, 2.05) is 31.3 Å². The third-order valence-corrected chi connectivity index (χ3v) is 9.03. The molecule has 2 aromatic heterocycles. The molecule has 3 N–H and O–H groups in total. The Labute approximate surface area is 250 Å². The molecular formula is C35H36N4O4. The van der Waals surface area contributed by atoms with Gasteiger partial charge in [-0.3, -0.25) is 14.6 Å². The van der Waals surface area contributed by atoms with E-state index in [0.717, 1.165) is 47.8 Å². The zero-order valence-electron chi connectivity index (χ0n) is 24.5. The van der Waals surface area contributed by atoms with E-state index in [1.165, 1.54) is 29.9 Å². The lowest BCUT2D eigenvalue weighted by Crippen LogP contribution is -2.61. The van der Waals surface area contributed by atoms with Crippen LogP contribution in [-0.4, -0.2) is 38.0 Å². The minimum absolute atomic E-state index is 0.251. The van der Waals surface area contributed by atoms with E-state index in [4.69, 9.17) is 5.11 Å². The maximum absolute atomic E-state index is 13.6. The molecule has 8 nitrogen and oxygen atoms in total. The molecule has 0 bridgehead atoms. The summed E-state index contributed by atoms with van der Waals surface area (Å²) in [6.45, 7) is 1.99. The van der Waals surface area contributed by atoms with Crippen LogP contribution in [0.25, 0.3) is 28.2 Å². The highest BCUT2D eigenvalue weighted by molar-refractivity contribution is 6.06. The third-order valence-electron chi connectivity index (χ3n) is 9.03. The molecule has 0 unspecified atom stereocenters. The number of hydrogen-bond acceptors (Lipinski definition) is 4. The first-order valence-electron chi connectivity index (χ1n) is 14.9. The standard InChI is InChI=1S/C35H36N4O4/c1-22-8-12-26(21-36-22)32-31(24-6-3-4-7-24)28-16-13-25(20-29(28)39(32)2)33(42)38-35(18-5-19-35)34(43)37-27-14-9-23(10-15-27)11-17-30(40)41/h8-17,20-21,24H,3-7,18-19H2,1-2H3,(H,37,43)(H,38,42)(H,40,41)/b17-11+. The SMILES string of the molecule is Cc1ccc(-c2c(C3CCCC3)c3ccc(C(=O)NC4(C(=O)Nc5ccc(/C=C/C(=O)O)cc5)CCC4)cc3n2C)cn1. The van der Waals surface area contributed by atoms with Gasteiger partial charge in [-0.05, 0) is 98.5 Å². The van der Waals surface area contributed by atoms with Gasteiger partial charge in [0, 0.05) is 52.7 Å². The number of aliphatic carboxylic acids is 1. The number of pyridine rings is 1. The van der Waals surface area contributed by atoms with E-state index in [-0.39, 0.29) is 11.8 Å². The molecule has 0 spiro atoms. The summed E-state index contributed by atoms with van der Waals surface area (Å²) in [6, 6.07) is 17.0. The van der Waals surface area contributed by atoms with Gasteiger partial charge in [0.2, 0.25) is 5.91 Å². The number of rotatable bonds is 8. The van der Waals surface area contributed by atoms with Crippen LogP contribution in [0.1, 0.15) is 78.0 Å². The molecule has 220 valence electrons. The largest absolute Gasteiger partial charge is 0.478 e. The fraction of sp³-hybridized carbons (Fsp3) is 0.314. The quantitative estimate of drug-likeness (QED) is 0.205. The van der Waals surface area contributed by atoms with Gasteiger partial charge in [0.15, 0.2) is 0 Å². The summed E-state index contributed by atoms with van der Waals surface area (Å²) in [5, 5.41) is 16.0. The summed E-state index contributed by atoms with van der Waals surface area (Å²) in [7, 11) is 2.06. The van der Waals surface area contributed by atoms with Gasteiger partial charge >= 0.3 is 5.97 Å². The number of aromatic nitrogens is 2. The second-order valence-corrected chi connectivity index (χ2v) is 11.9. The molecule has 2 heterocycles. The van der Waals surface area contributed by atoms with Crippen LogP contribution in [0.3, 0.4) is 0 Å². The summed E-state index contributed by atoms with van der Waals surface area (Å²) >= 11 is 0. The van der Waals surface area contributed by atoms with Gasteiger partial charge < -0.3 is 20.3 Å². The Kier molecular flexibility index (Phi) is 7.61. The number of anilines is 1. The van der Waals surface area contributed by atoms with Crippen molar-refractivity contribution in [3.8, 4) is 11.3 Å². The van der Waals surface area contributed by atoms with Gasteiger partial charge in [-0.1, -0.05) is 31.0 Å². The molecule has 0 radical (unpaired) electrons. The molecule has 0 atom stereocenters. The highest BCUT2D eigenvalue weighted by atomic mass is 16.4. The third kappa shape index (κ3) is 5.57. The number of carbonyl (C=O) groups excluding carboxylic acids is 2. The zero-order chi connectivity index (χ0) is 30.1. The van der Waals surface area contributed by atoms with Crippen molar-refractivity contribution >= 4 is 40.4 Å². The van der Waals surface area contributed by atoms with Crippen molar-refractivity contribution in [2.45, 2.75) is 63.3 Å². The van der Waals surface area contributed by atoms with Gasteiger partial charge in [0.25, 0.3) is 5.91 Å². The van der Waals surface area contributed by atoms with E-state index in [1.54, 1.807) is 24.3 Å². The lowest BCUT2D eigenvalue weighted by Gasteiger charge is -2.40. The van der Waals surface area contributed by atoms with Crippen molar-refractivity contribution in [2.24, 2.45) is 7.05 Å². The number of carbonyl (C=O) groups is 3. The van der Waals surface area contributed by atoms with Crippen LogP contribution in [0.4, 0.5) is 5.69 Å². The maximum Gasteiger partial charge on any atom is 0.328 e. The van der Waals surface area contributed by atoms with E-state index < -0.39 is 11.5 Å². The number of aryl methyl sites for hydroxylation is 2. The van der Waals surface area contributed by atoms with Crippen molar-refractivity contribution in [1.82, 2.24) is 14.9 Å². The number of amides is 2. The minimum atomic E-state index is -1.02. The Morgan fingerprint density at radius 3 is 2.37 bits per heavy atom. The first-order valence-corrected chi connectivity index (χ1v) is 14.9. The molecule has 6 rings (SSSR count). The summed E-state index contributed by atoms with van der Waals surface area (Å²) < 4.78 is 2.19. The predicted molar refractivity (Wildman–Crippen MR) is 168 cm³/mol. The molecule has 2 fully saturated rings. The molecule has 2 saturated carbocycles. The van der Waals surface area contributed by atoms with Gasteiger partial charge in [-0.2, -0.15) is 0 Å².